The molecule has 0 fully saturated rings. The Bertz CT molecular complexity index is 1360. The number of hydrogen-bond donors (Lipinski definition) is 0. The third kappa shape index (κ3) is 3.19. The minimum absolute atomic E-state index is 0.116. The molecule has 31 heavy (non-hydrogen) atoms. The third-order valence-corrected chi connectivity index (χ3v) is 5.73. The minimum atomic E-state index is -0.557. The number of rotatable bonds is 4. The number of amides is 1. The minimum Gasteiger partial charge on any atom is -0.497 e. The lowest BCUT2D eigenvalue weighted by molar-refractivity contribution is 0.0714. The van der Waals surface area contributed by atoms with Crippen molar-refractivity contribution in [3.05, 3.63) is 111 Å². The molecule has 0 N–H and O–H groups in total. The van der Waals surface area contributed by atoms with Crippen LogP contribution in [0.4, 0.5) is 0 Å². The fraction of sp³-hybridized carbons (Fsp3) is 0.154. The van der Waals surface area contributed by atoms with E-state index in [2.05, 4.69) is 0 Å². The van der Waals surface area contributed by atoms with Gasteiger partial charge in [0.1, 0.15) is 11.3 Å². The second kappa shape index (κ2) is 7.43. The van der Waals surface area contributed by atoms with E-state index in [0.29, 0.717) is 28.8 Å². The van der Waals surface area contributed by atoms with E-state index in [-0.39, 0.29) is 17.1 Å². The van der Waals surface area contributed by atoms with Crippen LogP contribution in [0.1, 0.15) is 38.9 Å². The summed E-state index contributed by atoms with van der Waals surface area (Å²) in [7, 11) is 1.60. The number of carbonyl (C=O) groups is 1. The Hall–Kier alpha value is -3.86. The van der Waals surface area contributed by atoms with E-state index < -0.39 is 6.04 Å². The highest BCUT2D eigenvalue weighted by atomic mass is 16.5. The van der Waals surface area contributed by atoms with Crippen molar-refractivity contribution in [1.29, 1.82) is 0 Å². The van der Waals surface area contributed by atoms with Gasteiger partial charge in [-0.05, 0) is 42.3 Å². The quantitative estimate of drug-likeness (QED) is 0.481. The average Bonchev–Trinajstić information content (AvgIpc) is 3.07. The SMILES string of the molecule is COc1cccc([C@H]2c3c(oc4ccc(C)cc4c3=O)C(=O)N2Cc2ccccc2)c1. The lowest BCUT2D eigenvalue weighted by Crippen LogP contribution is -2.29. The molecule has 0 saturated heterocycles. The van der Waals surface area contributed by atoms with Crippen LogP contribution in [-0.2, 0) is 6.54 Å². The van der Waals surface area contributed by atoms with Crippen molar-refractivity contribution in [3.8, 4) is 5.75 Å². The Morgan fingerprint density at radius 3 is 2.55 bits per heavy atom. The van der Waals surface area contributed by atoms with E-state index in [0.717, 1.165) is 16.7 Å². The highest BCUT2D eigenvalue weighted by Crippen LogP contribution is 2.40. The van der Waals surface area contributed by atoms with Crippen LogP contribution in [0.3, 0.4) is 0 Å². The maximum Gasteiger partial charge on any atom is 0.291 e. The van der Waals surface area contributed by atoms with Crippen molar-refractivity contribution in [1.82, 2.24) is 4.90 Å². The van der Waals surface area contributed by atoms with Gasteiger partial charge in [0.15, 0.2) is 5.43 Å². The maximum atomic E-state index is 13.6. The molecule has 0 bridgehead atoms. The average molecular weight is 411 g/mol. The first kappa shape index (κ1) is 19.1. The summed E-state index contributed by atoms with van der Waals surface area (Å²) in [6.07, 6.45) is 0. The second-order valence-electron chi connectivity index (χ2n) is 7.77. The Morgan fingerprint density at radius 2 is 1.77 bits per heavy atom. The number of fused-ring (bicyclic) bond motifs is 2. The van der Waals surface area contributed by atoms with Gasteiger partial charge in [-0.2, -0.15) is 0 Å². The monoisotopic (exact) mass is 411 g/mol. The van der Waals surface area contributed by atoms with E-state index in [1.165, 1.54) is 0 Å². The van der Waals surface area contributed by atoms with E-state index in [1.807, 2.05) is 73.7 Å². The van der Waals surface area contributed by atoms with Crippen LogP contribution in [0, 0.1) is 6.92 Å². The Morgan fingerprint density at radius 1 is 0.968 bits per heavy atom. The fourth-order valence-corrected chi connectivity index (χ4v) is 4.24. The molecular weight excluding hydrogens is 390 g/mol. The molecule has 0 radical (unpaired) electrons. The number of hydrogen-bond acceptors (Lipinski definition) is 4. The van der Waals surface area contributed by atoms with Gasteiger partial charge >= 0.3 is 0 Å². The van der Waals surface area contributed by atoms with Gasteiger partial charge in [-0.15, -0.1) is 0 Å². The number of ether oxygens (including phenoxy) is 1. The summed E-state index contributed by atoms with van der Waals surface area (Å²) < 4.78 is 11.4. The molecule has 4 aromatic rings. The Kier molecular flexibility index (Phi) is 4.59. The number of aryl methyl sites for hydroxylation is 1. The molecule has 1 aliphatic rings. The van der Waals surface area contributed by atoms with Crippen molar-refractivity contribution >= 4 is 16.9 Å². The van der Waals surface area contributed by atoms with E-state index in [4.69, 9.17) is 9.15 Å². The van der Waals surface area contributed by atoms with Crippen molar-refractivity contribution in [2.75, 3.05) is 7.11 Å². The summed E-state index contributed by atoms with van der Waals surface area (Å²) in [5.74, 6) is 0.496. The van der Waals surface area contributed by atoms with Gasteiger partial charge < -0.3 is 14.1 Å². The molecular formula is C26H21NO4. The van der Waals surface area contributed by atoms with Crippen molar-refractivity contribution in [2.45, 2.75) is 19.5 Å². The van der Waals surface area contributed by atoms with E-state index in [1.54, 1.807) is 18.1 Å². The van der Waals surface area contributed by atoms with E-state index >= 15 is 0 Å². The zero-order valence-electron chi connectivity index (χ0n) is 17.3. The second-order valence-corrected chi connectivity index (χ2v) is 7.77. The van der Waals surface area contributed by atoms with Crippen LogP contribution in [0.5, 0.6) is 5.75 Å². The molecule has 0 spiro atoms. The topological polar surface area (TPSA) is 59.8 Å². The molecule has 5 rings (SSSR count). The maximum absolute atomic E-state index is 13.6. The normalized spacial score (nSPS) is 15.4. The standard InChI is InChI=1S/C26H21NO4/c1-16-11-12-21-20(13-16)24(28)22-23(18-9-6-10-19(14-18)30-2)27(26(29)25(22)31-21)15-17-7-4-3-5-8-17/h3-14,23H,15H2,1-2H3/t23-/m0/s1. The fourth-order valence-electron chi connectivity index (χ4n) is 4.24. The first-order chi connectivity index (χ1) is 15.1. The Labute approximate surface area is 179 Å². The molecule has 1 atom stereocenters. The van der Waals surface area contributed by atoms with Crippen molar-refractivity contribution in [2.24, 2.45) is 0 Å². The molecule has 5 heteroatoms. The number of carbonyl (C=O) groups excluding carboxylic acids is 1. The van der Waals surface area contributed by atoms with Crippen molar-refractivity contribution < 1.29 is 13.9 Å². The summed E-state index contributed by atoms with van der Waals surface area (Å²) in [6.45, 7) is 2.29. The van der Waals surface area contributed by atoms with Gasteiger partial charge in [-0.1, -0.05) is 54.1 Å². The van der Waals surface area contributed by atoms with E-state index in [9.17, 15) is 9.59 Å². The van der Waals surface area contributed by atoms with Gasteiger partial charge in [0.25, 0.3) is 5.91 Å². The smallest absolute Gasteiger partial charge is 0.291 e. The predicted molar refractivity (Wildman–Crippen MR) is 118 cm³/mol. The molecule has 5 nitrogen and oxygen atoms in total. The first-order valence-corrected chi connectivity index (χ1v) is 10.1. The van der Waals surface area contributed by atoms with Gasteiger partial charge in [0.2, 0.25) is 5.76 Å². The van der Waals surface area contributed by atoms with Crippen LogP contribution in [0.15, 0.2) is 82.0 Å². The van der Waals surface area contributed by atoms with Crippen LogP contribution < -0.4 is 10.2 Å². The van der Waals surface area contributed by atoms with Gasteiger partial charge in [-0.25, -0.2) is 0 Å². The molecule has 3 aromatic carbocycles. The molecule has 0 unspecified atom stereocenters. The molecule has 1 amide bonds. The molecule has 2 heterocycles. The molecule has 154 valence electrons. The number of nitrogens with zero attached hydrogens (tertiary/aromatic N) is 1. The highest BCUT2D eigenvalue weighted by molar-refractivity contribution is 5.99. The lowest BCUT2D eigenvalue weighted by atomic mass is 9.97. The van der Waals surface area contributed by atoms with Crippen LogP contribution >= 0.6 is 0 Å². The molecule has 0 aliphatic carbocycles. The first-order valence-electron chi connectivity index (χ1n) is 10.1. The van der Waals surface area contributed by atoms with Gasteiger partial charge in [0, 0.05) is 6.54 Å². The summed E-state index contributed by atoms with van der Waals surface area (Å²) in [5.41, 5.74) is 3.38. The van der Waals surface area contributed by atoms with Crippen molar-refractivity contribution in [3.63, 3.8) is 0 Å². The van der Waals surface area contributed by atoms with Crippen LogP contribution in [0.2, 0.25) is 0 Å². The largest absolute Gasteiger partial charge is 0.497 e. The predicted octanol–water partition coefficient (Wildman–Crippen LogP) is 4.86. The lowest BCUT2D eigenvalue weighted by Gasteiger charge is -2.25. The highest BCUT2D eigenvalue weighted by Gasteiger charge is 2.42. The zero-order chi connectivity index (χ0) is 21.5. The van der Waals surface area contributed by atoms with Crippen LogP contribution in [-0.4, -0.2) is 17.9 Å². The van der Waals surface area contributed by atoms with Gasteiger partial charge in [0.05, 0.1) is 24.1 Å². The number of methoxy groups -OCH3 is 1. The summed E-state index contributed by atoms with van der Waals surface area (Å²) in [4.78, 5) is 28.7. The summed E-state index contributed by atoms with van der Waals surface area (Å²) in [5, 5.41) is 0.487. The number of benzene rings is 3. The molecule has 1 aromatic heterocycles. The molecule has 1 aliphatic heterocycles. The third-order valence-electron chi connectivity index (χ3n) is 5.73. The summed E-state index contributed by atoms with van der Waals surface area (Å²) >= 11 is 0. The van der Waals surface area contributed by atoms with Crippen LogP contribution in [0.25, 0.3) is 11.0 Å². The molecule has 0 saturated carbocycles. The zero-order valence-corrected chi connectivity index (χ0v) is 17.3. The van der Waals surface area contributed by atoms with Gasteiger partial charge in [-0.3, -0.25) is 9.59 Å². The Balaban J connectivity index is 1.75. The summed E-state index contributed by atoms with van der Waals surface area (Å²) in [6, 6.07) is 22.1.